The topological polar surface area (TPSA) is 6.48 Å². The van der Waals surface area contributed by atoms with Gasteiger partial charge in [0.1, 0.15) is 11.6 Å². The van der Waals surface area contributed by atoms with Crippen molar-refractivity contribution in [2.75, 3.05) is 9.80 Å². The van der Waals surface area contributed by atoms with Crippen LogP contribution in [0.2, 0.25) is 0 Å². The number of para-hydroxylation sites is 2. The molecule has 370 valence electrons. The Balaban J connectivity index is 1.11. The normalized spacial score (nSPS) is 11.6. The van der Waals surface area contributed by atoms with Crippen LogP contribution in [0.5, 0.6) is 0 Å². The average molecular weight is 989 g/mol. The number of anilines is 6. The highest BCUT2D eigenvalue weighted by Gasteiger charge is 2.28. The van der Waals surface area contributed by atoms with Crippen LogP contribution in [-0.4, -0.2) is 0 Å². The largest absolute Gasteiger partial charge is 0.307 e. The first-order chi connectivity index (χ1) is 36.9. The van der Waals surface area contributed by atoms with Crippen molar-refractivity contribution in [2.24, 2.45) is 0 Å². The van der Waals surface area contributed by atoms with E-state index >= 15 is 8.78 Å². The maximum atomic E-state index is 17.8. The van der Waals surface area contributed by atoms with Crippen LogP contribution in [0.25, 0.3) is 76.8 Å². The minimum absolute atomic E-state index is 0.328. The molecule has 0 aliphatic carbocycles. The first-order valence-corrected chi connectivity index (χ1v) is 26.2. The lowest BCUT2D eigenvalue weighted by atomic mass is 9.87. The highest BCUT2D eigenvalue weighted by atomic mass is 19.1. The van der Waals surface area contributed by atoms with Crippen LogP contribution in [0.1, 0.15) is 44.5 Å². The lowest BCUT2D eigenvalue weighted by Gasteiger charge is -2.30. The van der Waals surface area contributed by atoms with Crippen molar-refractivity contribution in [3.63, 3.8) is 0 Å². The summed E-state index contributed by atoms with van der Waals surface area (Å²) in [6.45, 7) is 17.1. The molecule has 0 spiro atoms. The molecule has 0 unspecified atom stereocenters. The number of hydrogen-bond donors (Lipinski definition) is 0. The number of hydrogen-bond acceptors (Lipinski definition) is 2. The molecule has 0 amide bonds. The van der Waals surface area contributed by atoms with Gasteiger partial charge in [-0.05, 0) is 227 Å². The Kier molecular flexibility index (Phi) is 12.1. The SMILES string of the molecule is Cc1cccc(-c2cc(F)c(N(c3ccccc3)c3ccc4ccc5c(N(c6ccccc6)c6cc(-c7cccc(C)c7C)c(-c7cccc(C)c7C)cc6F)ccc6ccc3c4c65)cc2-c2cccc(C)c2C)c1C. The molecule has 2 nitrogen and oxygen atoms in total. The van der Waals surface area contributed by atoms with Crippen LogP contribution < -0.4 is 9.80 Å². The maximum Gasteiger partial charge on any atom is 0.147 e. The second kappa shape index (κ2) is 19.1. The van der Waals surface area contributed by atoms with Crippen molar-refractivity contribution < 1.29 is 8.78 Å². The molecule has 0 aliphatic heterocycles. The molecule has 0 saturated heterocycles. The molecule has 0 radical (unpaired) electrons. The summed E-state index contributed by atoms with van der Waals surface area (Å²) >= 11 is 0. The molecule has 0 saturated carbocycles. The number of nitrogens with zero attached hydrogens (tertiary/aromatic N) is 2. The van der Waals surface area contributed by atoms with Crippen molar-refractivity contribution >= 4 is 66.4 Å². The van der Waals surface area contributed by atoms with Crippen molar-refractivity contribution in [2.45, 2.75) is 55.4 Å². The molecule has 0 atom stereocenters. The van der Waals surface area contributed by atoms with Gasteiger partial charge in [0.2, 0.25) is 0 Å². The van der Waals surface area contributed by atoms with Gasteiger partial charge in [-0.25, -0.2) is 8.78 Å². The lowest BCUT2D eigenvalue weighted by Crippen LogP contribution is -2.14. The molecule has 76 heavy (non-hydrogen) atoms. The molecule has 4 heteroatoms. The van der Waals surface area contributed by atoms with E-state index in [0.717, 1.165) is 133 Å². The Morgan fingerprint density at radius 1 is 0.263 bits per heavy atom. The molecule has 0 aliphatic rings. The van der Waals surface area contributed by atoms with E-state index in [0.29, 0.717) is 11.4 Å². The van der Waals surface area contributed by atoms with Gasteiger partial charge in [-0.1, -0.05) is 146 Å². The van der Waals surface area contributed by atoms with Gasteiger partial charge in [-0.3, -0.25) is 0 Å². The van der Waals surface area contributed by atoms with E-state index in [2.05, 4.69) is 223 Å². The predicted octanol–water partition coefficient (Wildman–Crippen LogP) is 20.9. The van der Waals surface area contributed by atoms with Crippen LogP contribution in [0.3, 0.4) is 0 Å². The maximum absolute atomic E-state index is 17.8. The molecular formula is C72H58F2N2. The third-order valence-corrected chi connectivity index (χ3v) is 16.4. The van der Waals surface area contributed by atoms with Gasteiger partial charge in [-0.2, -0.15) is 0 Å². The monoisotopic (exact) mass is 988 g/mol. The van der Waals surface area contributed by atoms with Gasteiger partial charge >= 0.3 is 0 Å². The first-order valence-electron chi connectivity index (χ1n) is 26.2. The number of halogens is 2. The Labute approximate surface area is 445 Å². The van der Waals surface area contributed by atoms with Crippen molar-refractivity contribution in [1.29, 1.82) is 0 Å². The highest BCUT2D eigenvalue weighted by Crippen LogP contribution is 2.51. The minimum atomic E-state index is -0.328. The molecule has 0 N–H and O–H groups in total. The fraction of sp³-hybridized carbons (Fsp3) is 0.111. The molecule has 12 aromatic carbocycles. The van der Waals surface area contributed by atoms with Crippen molar-refractivity contribution in [1.82, 2.24) is 0 Å². The summed E-state index contributed by atoms with van der Waals surface area (Å²) in [5.74, 6) is -0.655. The molecular weight excluding hydrogens is 931 g/mol. The summed E-state index contributed by atoms with van der Waals surface area (Å²) in [5.41, 5.74) is 21.2. The average Bonchev–Trinajstić information content (AvgIpc) is 3.61. The quantitative estimate of drug-likeness (QED) is 0.126. The van der Waals surface area contributed by atoms with Gasteiger partial charge in [0.05, 0.1) is 22.7 Å². The number of rotatable bonds is 10. The molecule has 0 heterocycles. The zero-order valence-electron chi connectivity index (χ0n) is 44.3. The zero-order chi connectivity index (χ0) is 52.5. The highest BCUT2D eigenvalue weighted by molar-refractivity contribution is 6.28. The molecule has 12 rings (SSSR count). The Bertz CT molecular complexity index is 3960. The molecule has 0 fully saturated rings. The van der Waals surface area contributed by atoms with E-state index < -0.39 is 0 Å². The van der Waals surface area contributed by atoms with Gasteiger partial charge in [0.25, 0.3) is 0 Å². The standard InChI is InChI=1S/C72H58F2N2/c1-43-19-15-27-55(47(43)5)61-39-65(73)69(41-63(61)57-29-17-21-45(3)49(57)7)75(53-23-11-9-12-24-53)67-37-33-51-32-36-60-68(38-34-52-31-35-59(67)71(51)72(52)60)76(54-25-13-10-14-26-54)70-42-64(58-30-18-22-46(4)50(58)8)62(40-66(70)74)56-28-16-20-44(2)48(56)6/h9-42H,1-8H3. The first kappa shape index (κ1) is 48.1. The predicted molar refractivity (Wildman–Crippen MR) is 319 cm³/mol. The molecule has 0 aromatic heterocycles. The summed E-state index contributed by atoms with van der Waals surface area (Å²) in [6.07, 6.45) is 0. The summed E-state index contributed by atoms with van der Waals surface area (Å²) in [5, 5.41) is 6.14. The van der Waals surface area contributed by atoms with Gasteiger partial charge in [-0.15, -0.1) is 0 Å². The second-order valence-corrected chi connectivity index (χ2v) is 20.6. The van der Waals surface area contributed by atoms with E-state index in [4.69, 9.17) is 0 Å². The van der Waals surface area contributed by atoms with E-state index in [1.807, 2.05) is 36.4 Å². The Hall–Kier alpha value is -8.86. The Morgan fingerprint density at radius 3 is 0.895 bits per heavy atom. The van der Waals surface area contributed by atoms with Crippen LogP contribution in [0.4, 0.5) is 42.9 Å². The third-order valence-electron chi connectivity index (χ3n) is 16.4. The lowest BCUT2D eigenvalue weighted by molar-refractivity contribution is 0.629. The summed E-state index contributed by atoms with van der Waals surface area (Å²) < 4.78 is 35.6. The van der Waals surface area contributed by atoms with E-state index in [9.17, 15) is 0 Å². The van der Waals surface area contributed by atoms with Gasteiger partial charge in [0, 0.05) is 22.1 Å². The van der Waals surface area contributed by atoms with Crippen LogP contribution in [0, 0.1) is 67.0 Å². The Morgan fingerprint density at radius 2 is 0.566 bits per heavy atom. The van der Waals surface area contributed by atoms with E-state index in [-0.39, 0.29) is 11.6 Å². The van der Waals surface area contributed by atoms with Crippen molar-refractivity contribution in [3.8, 4) is 44.5 Å². The third kappa shape index (κ3) is 7.99. The number of aryl methyl sites for hydroxylation is 4. The summed E-state index contributed by atoms with van der Waals surface area (Å²) in [4.78, 5) is 4.17. The van der Waals surface area contributed by atoms with Crippen LogP contribution in [-0.2, 0) is 0 Å². The van der Waals surface area contributed by atoms with Gasteiger partial charge < -0.3 is 9.80 Å². The van der Waals surface area contributed by atoms with Gasteiger partial charge in [0.15, 0.2) is 0 Å². The second-order valence-electron chi connectivity index (χ2n) is 20.6. The zero-order valence-corrected chi connectivity index (χ0v) is 44.3. The van der Waals surface area contributed by atoms with Crippen molar-refractivity contribution in [3.05, 3.63) is 262 Å². The smallest absolute Gasteiger partial charge is 0.147 e. The fourth-order valence-corrected chi connectivity index (χ4v) is 11.7. The molecule has 12 aromatic rings. The fourth-order valence-electron chi connectivity index (χ4n) is 11.7. The summed E-state index contributed by atoms with van der Waals surface area (Å²) in [7, 11) is 0. The van der Waals surface area contributed by atoms with E-state index in [1.165, 1.54) is 11.1 Å². The minimum Gasteiger partial charge on any atom is -0.307 e. The van der Waals surface area contributed by atoms with E-state index in [1.54, 1.807) is 12.1 Å². The summed E-state index contributed by atoms with van der Waals surface area (Å²) in [6, 6.07) is 70.4. The van der Waals surface area contributed by atoms with Crippen LogP contribution in [0.15, 0.2) is 206 Å². The van der Waals surface area contributed by atoms with Crippen LogP contribution >= 0.6 is 0 Å². The molecule has 0 bridgehead atoms. The number of benzene rings is 12.